The first kappa shape index (κ1) is 10.9. The summed E-state index contributed by atoms with van der Waals surface area (Å²) in [5.41, 5.74) is 1.29. The maximum atomic E-state index is 5.57. The van der Waals surface area contributed by atoms with Crippen LogP contribution in [0.5, 0.6) is 0 Å². The number of ether oxygens (including phenoxy) is 1. The number of hydrogen-bond acceptors (Lipinski definition) is 2. The fourth-order valence-electron chi connectivity index (χ4n) is 2.17. The van der Waals surface area contributed by atoms with E-state index < -0.39 is 0 Å². The molecule has 1 fully saturated rings. The molecule has 4 heteroatoms. The Bertz CT molecular complexity index is 382. The van der Waals surface area contributed by atoms with E-state index in [4.69, 9.17) is 17.0 Å². The van der Waals surface area contributed by atoms with Crippen molar-refractivity contribution in [2.45, 2.75) is 39.3 Å². The van der Waals surface area contributed by atoms with Crippen LogP contribution in [0.4, 0.5) is 0 Å². The Kier molecular flexibility index (Phi) is 3.26. The summed E-state index contributed by atoms with van der Waals surface area (Å²) in [5.74, 6) is 0.609. The van der Waals surface area contributed by atoms with Crippen LogP contribution in [0.25, 0.3) is 0 Å². The van der Waals surface area contributed by atoms with Gasteiger partial charge in [-0.2, -0.15) is 0 Å². The highest BCUT2D eigenvalue weighted by atomic mass is 32.1. The fourth-order valence-corrected chi connectivity index (χ4v) is 2.43. The maximum Gasteiger partial charge on any atom is 0.177 e. The molecule has 1 aromatic rings. The van der Waals surface area contributed by atoms with Gasteiger partial charge in [0.05, 0.1) is 6.10 Å². The van der Waals surface area contributed by atoms with Crippen LogP contribution in [0.15, 0.2) is 6.20 Å². The van der Waals surface area contributed by atoms with E-state index in [-0.39, 0.29) is 0 Å². The van der Waals surface area contributed by atoms with Crippen molar-refractivity contribution in [2.75, 3.05) is 6.61 Å². The Morgan fingerprint density at radius 2 is 2.47 bits per heavy atom. The van der Waals surface area contributed by atoms with E-state index in [1.807, 2.05) is 6.20 Å². The molecule has 0 amide bonds. The second kappa shape index (κ2) is 4.49. The number of hydrogen-bond donors (Lipinski definition) is 1. The summed E-state index contributed by atoms with van der Waals surface area (Å²) < 4.78 is 8.62. The minimum absolute atomic E-state index is 0.367. The van der Waals surface area contributed by atoms with Crippen molar-refractivity contribution in [3.63, 3.8) is 0 Å². The van der Waals surface area contributed by atoms with Crippen LogP contribution in [-0.4, -0.2) is 22.3 Å². The number of imidazole rings is 1. The van der Waals surface area contributed by atoms with Gasteiger partial charge >= 0.3 is 0 Å². The lowest BCUT2D eigenvalue weighted by molar-refractivity contribution is 0.101. The van der Waals surface area contributed by atoms with Crippen molar-refractivity contribution in [3.05, 3.63) is 16.7 Å². The van der Waals surface area contributed by atoms with Gasteiger partial charge in [0.2, 0.25) is 0 Å². The number of aromatic nitrogens is 2. The van der Waals surface area contributed by atoms with Gasteiger partial charge in [-0.15, -0.1) is 0 Å². The summed E-state index contributed by atoms with van der Waals surface area (Å²) in [5, 5.41) is 0. The number of rotatable bonds is 3. The van der Waals surface area contributed by atoms with Gasteiger partial charge in [0.25, 0.3) is 0 Å². The van der Waals surface area contributed by atoms with Gasteiger partial charge in [-0.1, -0.05) is 6.92 Å². The molecule has 1 aliphatic heterocycles. The molecule has 0 bridgehead atoms. The maximum absolute atomic E-state index is 5.57. The predicted octanol–water partition coefficient (Wildman–Crippen LogP) is 2.53. The normalized spacial score (nSPS) is 26.0. The van der Waals surface area contributed by atoms with Crippen LogP contribution >= 0.6 is 12.2 Å². The number of nitrogens with zero attached hydrogens (tertiary/aromatic N) is 1. The third kappa shape index (κ3) is 2.16. The summed E-state index contributed by atoms with van der Waals surface area (Å²) in [6.07, 6.45) is 4.56. The molecule has 3 nitrogen and oxygen atoms in total. The summed E-state index contributed by atoms with van der Waals surface area (Å²) >= 11 is 5.28. The Hall–Kier alpha value is -0.610. The zero-order chi connectivity index (χ0) is 10.8. The minimum Gasteiger partial charge on any atom is -0.378 e. The number of nitrogens with one attached hydrogen (secondary N) is 1. The highest BCUT2D eigenvalue weighted by Crippen LogP contribution is 2.23. The van der Waals surface area contributed by atoms with Crippen LogP contribution in [0, 0.1) is 10.7 Å². The molecule has 0 radical (unpaired) electrons. The molecule has 1 aliphatic rings. The molecule has 2 heterocycles. The second-order valence-corrected chi connectivity index (χ2v) is 4.56. The van der Waals surface area contributed by atoms with Crippen LogP contribution in [0.2, 0.25) is 0 Å². The van der Waals surface area contributed by atoms with Crippen molar-refractivity contribution in [1.29, 1.82) is 0 Å². The average molecular weight is 226 g/mol. The van der Waals surface area contributed by atoms with Crippen LogP contribution < -0.4 is 0 Å². The zero-order valence-electron chi connectivity index (χ0n) is 9.32. The molecular weight excluding hydrogens is 208 g/mol. The molecule has 1 aromatic heterocycles. The van der Waals surface area contributed by atoms with E-state index in [1.165, 1.54) is 5.69 Å². The predicted molar refractivity (Wildman–Crippen MR) is 62.5 cm³/mol. The summed E-state index contributed by atoms with van der Waals surface area (Å²) in [7, 11) is 0. The van der Waals surface area contributed by atoms with E-state index in [0.717, 1.165) is 30.8 Å². The van der Waals surface area contributed by atoms with Gasteiger partial charge in [0.1, 0.15) is 0 Å². The molecule has 15 heavy (non-hydrogen) atoms. The molecule has 0 aliphatic carbocycles. The first-order valence-corrected chi connectivity index (χ1v) is 6.02. The molecule has 2 atom stereocenters. The molecule has 0 spiro atoms. The van der Waals surface area contributed by atoms with Crippen molar-refractivity contribution in [2.24, 2.45) is 5.92 Å². The van der Waals surface area contributed by atoms with Gasteiger partial charge in [0, 0.05) is 31.0 Å². The van der Waals surface area contributed by atoms with Crippen LogP contribution in [-0.2, 0) is 17.7 Å². The summed E-state index contributed by atoms with van der Waals surface area (Å²) in [6.45, 7) is 6.19. The minimum atomic E-state index is 0.367. The molecule has 0 saturated carbocycles. The van der Waals surface area contributed by atoms with E-state index in [0.29, 0.717) is 12.0 Å². The first-order valence-electron chi connectivity index (χ1n) is 5.61. The highest BCUT2D eigenvalue weighted by molar-refractivity contribution is 7.71. The zero-order valence-corrected chi connectivity index (χ0v) is 10.1. The monoisotopic (exact) mass is 226 g/mol. The summed E-state index contributed by atoms with van der Waals surface area (Å²) in [6, 6.07) is 0. The van der Waals surface area contributed by atoms with Crippen molar-refractivity contribution >= 4 is 12.2 Å². The Labute approximate surface area is 95.5 Å². The molecule has 1 saturated heterocycles. The molecule has 84 valence electrons. The number of aromatic amines is 1. The molecule has 2 rings (SSSR count). The van der Waals surface area contributed by atoms with Gasteiger partial charge < -0.3 is 14.3 Å². The van der Waals surface area contributed by atoms with Crippen molar-refractivity contribution in [1.82, 2.24) is 9.55 Å². The van der Waals surface area contributed by atoms with E-state index in [2.05, 4.69) is 23.4 Å². The van der Waals surface area contributed by atoms with Crippen LogP contribution in [0.3, 0.4) is 0 Å². The Morgan fingerprint density at radius 3 is 3.07 bits per heavy atom. The fraction of sp³-hybridized carbons (Fsp3) is 0.727. The molecule has 0 aromatic carbocycles. The highest BCUT2D eigenvalue weighted by Gasteiger charge is 2.25. The standard InChI is InChI=1S/C11H18N2OS/c1-3-10-6-12-11(15)13(10)7-9-4-5-14-8(9)2/h6,8-9H,3-5,7H2,1-2H3,(H,12,15). The van der Waals surface area contributed by atoms with Gasteiger partial charge in [-0.05, 0) is 32.0 Å². The first-order chi connectivity index (χ1) is 7.22. The lowest BCUT2D eigenvalue weighted by Gasteiger charge is -2.16. The van der Waals surface area contributed by atoms with Gasteiger partial charge in [-0.3, -0.25) is 0 Å². The van der Waals surface area contributed by atoms with Gasteiger partial charge in [-0.25, -0.2) is 0 Å². The number of H-pyrrole nitrogens is 1. The Morgan fingerprint density at radius 1 is 1.67 bits per heavy atom. The quantitative estimate of drug-likeness (QED) is 0.803. The van der Waals surface area contributed by atoms with E-state index >= 15 is 0 Å². The van der Waals surface area contributed by atoms with Gasteiger partial charge in [0.15, 0.2) is 4.77 Å². The third-order valence-electron chi connectivity index (χ3n) is 3.27. The van der Waals surface area contributed by atoms with E-state index in [1.54, 1.807) is 0 Å². The lowest BCUT2D eigenvalue weighted by Crippen LogP contribution is -2.19. The molecular formula is C11H18N2OS. The molecule has 1 N–H and O–H groups in total. The Balaban J connectivity index is 2.15. The largest absolute Gasteiger partial charge is 0.378 e. The smallest absolute Gasteiger partial charge is 0.177 e. The SMILES string of the molecule is CCc1c[nH]c(=S)n1CC1CCOC1C. The third-order valence-corrected chi connectivity index (χ3v) is 3.60. The summed E-state index contributed by atoms with van der Waals surface area (Å²) in [4.78, 5) is 3.11. The second-order valence-electron chi connectivity index (χ2n) is 4.17. The lowest BCUT2D eigenvalue weighted by atomic mass is 10.0. The average Bonchev–Trinajstić information content (AvgIpc) is 2.77. The van der Waals surface area contributed by atoms with Crippen molar-refractivity contribution < 1.29 is 4.74 Å². The topological polar surface area (TPSA) is 29.9 Å². The van der Waals surface area contributed by atoms with Crippen molar-refractivity contribution in [3.8, 4) is 0 Å². The van der Waals surface area contributed by atoms with E-state index in [9.17, 15) is 0 Å². The van der Waals surface area contributed by atoms with Crippen LogP contribution in [0.1, 0.15) is 26.0 Å². The number of aryl methyl sites for hydroxylation is 1. The molecule has 2 unspecified atom stereocenters.